The lowest BCUT2D eigenvalue weighted by atomic mass is 10.3. The standard InChI is InChI=1S/C12H19N3O4S2/c1-9(20-3)6-7-14-21(18,19)12-8-10(13-2)4-5-11(12)15(16)17/h4-5,8-9,13-14H,6-7H2,1-3H3. The Balaban J connectivity index is 3.03. The highest BCUT2D eigenvalue weighted by molar-refractivity contribution is 7.99. The number of sulfonamides is 1. The van der Waals surface area contributed by atoms with Crippen LogP contribution < -0.4 is 10.0 Å². The molecular formula is C12H19N3O4S2. The molecule has 0 aliphatic heterocycles. The summed E-state index contributed by atoms with van der Waals surface area (Å²) in [6.07, 6.45) is 2.60. The Bertz CT molecular complexity index is 605. The van der Waals surface area contributed by atoms with Crippen LogP contribution in [0.4, 0.5) is 11.4 Å². The lowest BCUT2D eigenvalue weighted by Gasteiger charge is -2.11. The number of hydrogen-bond donors (Lipinski definition) is 2. The van der Waals surface area contributed by atoms with Crippen LogP contribution in [0.5, 0.6) is 0 Å². The molecule has 0 amide bonds. The molecule has 0 bridgehead atoms. The van der Waals surface area contributed by atoms with Gasteiger partial charge < -0.3 is 5.32 Å². The molecule has 0 saturated heterocycles. The van der Waals surface area contributed by atoms with E-state index in [9.17, 15) is 18.5 Å². The van der Waals surface area contributed by atoms with Crippen LogP contribution in [0.25, 0.3) is 0 Å². The Morgan fingerprint density at radius 1 is 1.43 bits per heavy atom. The van der Waals surface area contributed by atoms with Crippen molar-refractivity contribution in [1.82, 2.24) is 4.72 Å². The van der Waals surface area contributed by atoms with E-state index >= 15 is 0 Å². The topological polar surface area (TPSA) is 101 Å². The summed E-state index contributed by atoms with van der Waals surface area (Å²) < 4.78 is 26.9. The zero-order chi connectivity index (χ0) is 16.0. The largest absolute Gasteiger partial charge is 0.388 e. The summed E-state index contributed by atoms with van der Waals surface area (Å²) in [5.74, 6) is 0. The summed E-state index contributed by atoms with van der Waals surface area (Å²) in [6, 6.07) is 3.91. The first-order valence-corrected chi connectivity index (χ1v) is 9.07. The van der Waals surface area contributed by atoms with Gasteiger partial charge in [-0.3, -0.25) is 10.1 Å². The third-order valence-corrected chi connectivity index (χ3v) is 5.51. The smallest absolute Gasteiger partial charge is 0.289 e. The van der Waals surface area contributed by atoms with Gasteiger partial charge in [0.2, 0.25) is 10.0 Å². The van der Waals surface area contributed by atoms with Crippen LogP contribution in [0.3, 0.4) is 0 Å². The second kappa shape index (κ2) is 7.62. The Morgan fingerprint density at radius 2 is 2.10 bits per heavy atom. The minimum atomic E-state index is -3.91. The van der Waals surface area contributed by atoms with Crippen LogP contribution in [0.1, 0.15) is 13.3 Å². The molecule has 1 aromatic carbocycles. The summed E-state index contributed by atoms with van der Waals surface area (Å²) in [7, 11) is -2.30. The van der Waals surface area contributed by atoms with Gasteiger partial charge in [-0.1, -0.05) is 6.92 Å². The molecular weight excluding hydrogens is 314 g/mol. The lowest BCUT2D eigenvalue weighted by molar-refractivity contribution is -0.387. The van der Waals surface area contributed by atoms with Gasteiger partial charge in [0.25, 0.3) is 5.69 Å². The first-order chi connectivity index (χ1) is 9.81. The molecule has 1 atom stereocenters. The van der Waals surface area contributed by atoms with Crippen LogP contribution in [0.15, 0.2) is 23.1 Å². The molecule has 1 unspecified atom stereocenters. The predicted molar refractivity (Wildman–Crippen MR) is 85.4 cm³/mol. The Morgan fingerprint density at radius 3 is 2.62 bits per heavy atom. The Hall–Kier alpha value is -1.32. The first-order valence-electron chi connectivity index (χ1n) is 6.30. The van der Waals surface area contributed by atoms with E-state index in [4.69, 9.17) is 0 Å². The first kappa shape index (κ1) is 17.7. The van der Waals surface area contributed by atoms with Crippen LogP contribution in [0, 0.1) is 10.1 Å². The van der Waals surface area contributed by atoms with Crippen molar-refractivity contribution in [2.24, 2.45) is 0 Å². The molecule has 1 rings (SSSR count). The van der Waals surface area contributed by atoms with Gasteiger partial charge in [0.05, 0.1) is 4.92 Å². The van der Waals surface area contributed by atoms with E-state index in [1.165, 1.54) is 18.2 Å². The molecule has 21 heavy (non-hydrogen) atoms. The van der Waals surface area contributed by atoms with Gasteiger partial charge >= 0.3 is 0 Å². The molecule has 0 radical (unpaired) electrons. The third-order valence-electron chi connectivity index (χ3n) is 2.98. The van der Waals surface area contributed by atoms with Gasteiger partial charge in [0.15, 0.2) is 4.90 Å². The normalized spacial score (nSPS) is 12.9. The van der Waals surface area contributed by atoms with Crippen molar-refractivity contribution in [1.29, 1.82) is 0 Å². The quantitative estimate of drug-likeness (QED) is 0.558. The van der Waals surface area contributed by atoms with Crippen molar-refractivity contribution in [3.8, 4) is 0 Å². The Kier molecular flexibility index (Phi) is 6.43. The molecule has 2 N–H and O–H groups in total. The lowest BCUT2D eigenvalue weighted by Crippen LogP contribution is -2.27. The number of rotatable bonds is 8. The molecule has 0 fully saturated rings. The van der Waals surface area contributed by atoms with E-state index in [0.717, 1.165) is 0 Å². The van der Waals surface area contributed by atoms with Gasteiger partial charge in [-0.2, -0.15) is 11.8 Å². The molecule has 9 heteroatoms. The number of nitrogens with one attached hydrogen (secondary N) is 2. The highest BCUT2D eigenvalue weighted by Gasteiger charge is 2.25. The summed E-state index contributed by atoms with van der Waals surface area (Å²) in [5, 5.41) is 14.1. The van der Waals surface area contributed by atoms with Crippen molar-refractivity contribution >= 4 is 33.2 Å². The Labute approximate surface area is 128 Å². The van der Waals surface area contributed by atoms with Crippen molar-refractivity contribution < 1.29 is 13.3 Å². The molecule has 0 saturated carbocycles. The second-order valence-electron chi connectivity index (χ2n) is 4.42. The predicted octanol–water partition coefficient (Wildman–Crippen LogP) is 2.06. The molecule has 0 spiro atoms. The van der Waals surface area contributed by atoms with Gasteiger partial charge in [-0.25, -0.2) is 13.1 Å². The zero-order valence-electron chi connectivity index (χ0n) is 12.1. The van der Waals surface area contributed by atoms with Crippen molar-refractivity contribution in [3.05, 3.63) is 28.3 Å². The second-order valence-corrected chi connectivity index (χ2v) is 7.43. The fourth-order valence-corrected chi connectivity index (χ4v) is 3.22. The molecule has 118 valence electrons. The van der Waals surface area contributed by atoms with Gasteiger partial charge in [-0.05, 0) is 24.8 Å². The van der Waals surface area contributed by atoms with Crippen molar-refractivity contribution in [2.45, 2.75) is 23.5 Å². The van der Waals surface area contributed by atoms with Crippen LogP contribution in [-0.2, 0) is 10.0 Å². The summed E-state index contributed by atoms with van der Waals surface area (Å²) in [4.78, 5) is 9.97. The monoisotopic (exact) mass is 333 g/mol. The van der Waals surface area contributed by atoms with E-state index in [-0.39, 0.29) is 11.4 Å². The summed E-state index contributed by atoms with van der Waals surface area (Å²) in [6.45, 7) is 2.23. The van der Waals surface area contributed by atoms with Crippen molar-refractivity contribution in [3.63, 3.8) is 0 Å². The van der Waals surface area contributed by atoms with E-state index in [0.29, 0.717) is 17.4 Å². The number of benzene rings is 1. The van der Waals surface area contributed by atoms with Gasteiger partial charge in [0, 0.05) is 30.6 Å². The number of thioether (sulfide) groups is 1. The molecule has 7 nitrogen and oxygen atoms in total. The molecule has 0 aliphatic rings. The number of hydrogen-bond acceptors (Lipinski definition) is 6. The molecule has 1 aromatic rings. The number of anilines is 1. The van der Waals surface area contributed by atoms with Crippen molar-refractivity contribution in [2.75, 3.05) is 25.2 Å². The van der Waals surface area contributed by atoms with Crippen LogP contribution in [-0.4, -0.2) is 38.4 Å². The van der Waals surface area contributed by atoms with E-state index < -0.39 is 20.6 Å². The molecule has 0 aliphatic carbocycles. The number of nitro benzene ring substituents is 1. The van der Waals surface area contributed by atoms with Crippen LogP contribution >= 0.6 is 11.8 Å². The molecule has 0 aromatic heterocycles. The molecule has 0 heterocycles. The summed E-state index contributed by atoms with van der Waals surface area (Å²) >= 11 is 1.63. The maximum Gasteiger partial charge on any atom is 0.289 e. The van der Waals surface area contributed by atoms with Gasteiger partial charge in [-0.15, -0.1) is 0 Å². The number of nitrogens with zero attached hydrogens (tertiary/aromatic N) is 1. The van der Waals surface area contributed by atoms with E-state index in [1.807, 2.05) is 13.2 Å². The van der Waals surface area contributed by atoms with E-state index in [2.05, 4.69) is 10.0 Å². The minimum absolute atomic E-state index is 0.241. The maximum absolute atomic E-state index is 12.2. The van der Waals surface area contributed by atoms with E-state index in [1.54, 1.807) is 18.8 Å². The zero-order valence-corrected chi connectivity index (χ0v) is 13.8. The minimum Gasteiger partial charge on any atom is -0.388 e. The maximum atomic E-state index is 12.2. The summed E-state index contributed by atoms with van der Waals surface area (Å²) in [5.41, 5.74) is 0.0675. The highest BCUT2D eigenvalue weighted by Crippen LogP contribution is 2.26. The fraction of sp³-hybridized carbons (Fsp3) is 0.500. The average Bonchev–Trinajstić information content (AvgIpc) is 2.45. The van der Waals surface area contributed by atoms with Crippen LogP contribution in [0.2, 0.25) is 0 Å². The third kappa shape index (κ3) is 4.87. The fourth-order valence-electron chi connectivity index (χ4n) is 1.63. The van der Waals surface area contributed by atoms with Gasteiger partial charge in [0.1, 0.15) is 0 Å². The SMILES string of the molecule is CNc1ccc([N+](=O)[O-])c(S(=O)(=O)NCCC(C)SC)c1. The highest BCUT2D eigenvalue weighted by atomic mass is 32.2. The number of nitro groups is 1. The average molecular weight is 333 g/mol.